The summed E-state index contributed by atoms with van der Waals surface area (Å²) in [4.78, 5) is 13.2. The lowest BCUT2D eigenvalue weighted by atomic mass is 10.2. The van der Waals surface area contributed by atoms with Gasteiger partial charge in [0.1, 0.15) is 18.8 Å². The molecule has 0 saturated carbocycles. The minimum atomic E-state index is -0.0519. The fraction of sp³-hybridized carbons (Fsp3) is 0.583. The van der Waals surface area contributed by atoms with Gasteiger partial charge in [-0.25, -0.2) is 0 Å². The Bertz CT molecular complexity index is 370. The van der Waals surface area contributed by atoms with Crippen molar-refractivity contribution in [1.82, 2.24) is 5.32 Å². The van der Waals surface area contributed by atoms with Gasteiger partial charge >= 0.3 is 0 Å². The van der Waals surface area contributed by atoms with Gasteiger partial charge in [0.15, 0.2) is 0 Å². The Morgan fingerprint density at radius 3 is 2.88 bits per heavy atom. The van der Waals surface area contributed by atoms with E-state index in [0.29, 0.717) is 17.9 Å². The molecule has 0 unspecified atom stereocenters. The third-order valence-electron chi connectivity index (χ3n) is 3.07. The van der Waals surface area contributed by atoms with E-state index in [1.54, 1.807) is 13.0 Å². The van der Waals surface area contributed by atoms with Crippen molar-refractivity contribution in [3.05, 3.63) is 23.7 Å². The van der Waals surface area contributed by atoms with Crippen LogP contribution in [0.25, 0.3) is 0 Å². The van der Waals surface area contributed by atoms with Crippen LogP contribution in [0, 0.1) is 6.92 Å². The number of quaternary nitrogens is 1. The number of furan rings is 1. The van der Waals surface area contributed by atoms with Crippen molar-refractivity contribution in [2.24, 2.45) is 0 Å². The second-order valence-corrected chi connectivity index (χ2v) is 4.26. The first-order valence-electron chi connectivity index (χ1n) is 6.01. The summed E-state index contributed by atoms with van der Waals surface area (Å²) in [7, 11) is 0. The highest BCUT2D eigenvalue weighted by molar-refractivity contribution is 5.94. The van der Waals surface area contributed by atoms with Gasteiger partial charge in [-0.15, -0.1) is 0 Å². The summed E-state index contributed by atoms with van der Waals surface area (Å²) >= 11 is 0. The zero-order valence-corrected chi connectivity index (χ0v) is 10.1. The lowest BCUT2D eigenvalue weighted by Gasteiger charge is -2.23. The van der Waals surface area contributed by atoms with Crippen molar-refractivity contribution < 1.29 is 18.8 Å². The van der Waals surface area contributed by atoms with Crippen molar-refractivity contribution in [2.75, 3.05) is 39.4 Å². The monoisotopic (exact) mass is 239 g/mol. The van der Waals surface area contributed by atoms with Crippen LogP contribution in [0.3, 0.4) is 0 Å². The van der Waals surface area contributed by atoms with Gasteiger partial charge in [0.2, 0.25) is 0 Å². The Kier molecular flexibility index (Phi) is 4.17. The second kappa shape index (κ2) is 5.84. The summed E-state index contributed by atoms with van der Waals surface area (Å²) in [6, 6.07) is 1.70. The Morgan fingerprint density at radius 2 is 2.24 bits per heavy atom. The van der Waals surface area contributed by atoms with E-state index in [1.165, 1.54) is 11.2 Å². The lowest BCUT2D eigenvalue weighted by Crippen LogP contribution is -3.14. The summed E-state index contributed by atoms with van der Waals surface area (Å²) in [5.74, 6) is 0.616. The molecule has 1 amide bonds. The van der Waals surface area contributed by atoms with Crippen LogP contribution in [0.1, 0.15) is 16.1 Å². The molecule has 2 rings (SSSR count). The fourth-order valence-corrected chi connectivity index (χ4v) is 1.98. The number of hydrogen-bond donors (Lipinski definition) is 2. The molecule has 1 saturated heterocycles. The van der Waals surface area contributed by atoms with Crippen LogP contribution in [0.15, 0.2) is 16.7 Å². The quantitative estimate of drug-likeness (QED) is 0.725. The maximum absolute atomic E-state index is 11.8. The van der Waals surface area contributed by atoms with Gasteiger partial charge in [-0.1, -0.05) is 0 Å². The molecule has 17 heavy (non-hydrogen) atoms. The topological polar surface area (TPSA) is 55.9 Å². The maximum atomic E-state index is 11.8. The van der Waals surface area contributed by atoms with Crippen molar-refractivity contribution in [3.8, 4) is 0 Å². The molecule has 0 atom stereocenters. The molecule has 1 aliphatic heterocycles. The van der Waals surface area contributed by atoms with Crippen LogP contribution in [0.5, 0.6) is 0 Å². The highest BCUT2D eigenvalue weighted by Crippen LogP contribution is 2.07. The van der Waals surface area contributed by atoms with E-state index in [4.69, 9.17) is 9.15 Å². The molecule has 0 radical (unpaired) electrons. The van der Waals surface area contributed by atoms with Gasteiger partial charge in [0, 0.05) is 0 Å². The van der Waals surface area contributed by atoms with Gasteiger partial charge in [-0.05, 0) is 13.0 Å². The smallest absolute Gasteiger partial charge is 0.255 e. The molecule has 0 bridgehead atoms. The molecular formula is C12H19N2O3+. The molecule has 1 aromatic heterocycles. The van der Waals surface area contributed by atoms with E-state index < -0.39 is 0 Å². The van der Waals surface area contributed by atoms with Crippen LogP contribution in [-0.2, 0) is 4.74 Å². The van der Waals surface area contributed by atoms with Crippen LogP contribution in [-0.4, -0.2) is 45.3 Å². The Hall–Kier alpha value is -1.33. The minimum absolute atomic E-state index is 0.0519. The van der Waals surface area contributed by atoms with Gasteiger partial charge in [0.25, 0.3) is 5.91 Å². The molecule has 5 nitrogen and oxygen atoms in total. The maximum Gasteiger partial charge on any atom is 0.255 e. The SMILES string of the molecule is Cc1occc1C(=O)NCC[NH+]1CCOCC1. The molecular weight excluding hydrogens is 220 g/mol. The standard InChI is InChI=1S/C12H18N2O3/c1-10-11(2-7-17-10)12(15)13-3-4-14-5-8-16-9-6-14/h2,7H,3-6,8-9H2,1H3,(H,13,15)/p+1. The summed E-state index contributed by atoms with van der Waals surface area (Å²) < 4.78 is 10.4. The number of rotatable bonds is 4. The molecule has 0 aliphatic carbocycles. The molecule has 0 spiro atoms. The summed E-state index contributed by atoms with van der Waals surface area (Å²) in [6.45, 7) is 7.14. The Balaban J connectivity index is 1.71. The molecule has 1 aromatic rings. The fourth-order valence-electron chi connectivity index (χ4n) is 1.98. The highest BCUT2D eigenvalue weighted by atomic mass is 16.5. The van der Waals surface area contributed by atoms with Crippen LogP contribution >= 0.6 is 0 Å². The number of carbonyl (C=O) groups excluding carboxylic acids is 1. The van der Waals surface area contributed by atoms with Crippen molar-refractivity contribution >= 4 is 5.91 Å². The highest BCUT2D eigenvalue weighted by Gasteiger charge is 2.15. The Morgan fingerprint density at radius 1 is 1.47 bits per heavy atom. The van der Waals surface area contributed by atoms with E-state index >= 15 is 0 Å². The summed E-state index contributed by atoms with van der Waals surface area (Å²) in [5, 5.41) is 2.91. The van der Waals surface area contributed by atoms with E-state index in [2.05, 4.69) is 5.32 Å². The Labute approximate surface area is 101 Å². The largest absolute Gasteiger partial charge is 0.469 e. The van der Waals surface area contributed by atoms with Crippen LogP contribution in [0.2, 0.25) is 0 Å². The molecule has 1 fully saturated rings. The van der Waals surface area contributed by atoms with Crippen LogP contribution < -0.4 is 10.2 Å². The number of amides is 1. The average Bonchev–Trinajstić information content (AvgIpc) is 2.77. The number of ether oxygens (including phenoxy) is 1. The number of aryl methyl sites for hydroxylation is 1. The van der Waals surface area contributed by atoms with Gasteiger partial charge in [-0.2, -0.15) is 0 Å². The number of carbonyl (C=O) groups is 1. The molecule has 1 aliphatic rings. The first-order chi connectivity index (χ1) is 8.27. The van der Waals surface area contributed by atoms with Gasteiger partial charge < -0.3 is 19.4 Å². The summed E-state index contributed by atoms with van der Waals surface area (Å²) in [6.07, 6.45) is 1.54. The molecule has 5 heteroatoms. The molecule has 2 N–H and O–H groups in total. The average molecular weight is 239 g/mol. The number of hydrogen-bond acceptors (Lipinski definition) is 3. The molecule has 94 valence electrons. The predicted octanol–water partition coefficient (Wildman–Crippen LogP) is -0.767. The second-order valence-electron chi connectivity index (χ2n) is 4.26. The first-order valence-corrected chi connectivity index (χ1v) is 6.01. The van der Waals surface area contributed by atoms with Crippen molar-refractivity contribution in [3.63, 3.8) is 0 Å². The zero-order chi connectivity index (χ0) is 12.1. The minimum Gasteiger partial charge on any atom is -0.469 e. The third-order valence-corrected chi connectivity index (χ3v) is 3.07. The van der Waals surface area contributed by atoms with Gasteiger partial charge in [-0.3, -0.25) is 4.79 Å². The number of nitrogens with one attached hydrogen (secondary N) is 2. The normalized spacial score (nSPS) is 17.0. The van der Waals surface area contributed by atoms with Crippen molar-refractivity contribution in [2.45, 2.75) is 6.92 Å². The molecule has 0 aromatic carbocycles. The predicted molar refractivity (Wildman–Crippen MR) is 62.2 cm³/mol. The number of morpholine rings is 1. The van der Waals surface area contributed by atoms with E-state index in [-0.39, 0.29) is 5.91 Å². The first kappa shape index (κ1) is 12.1. The molecule has 2 heterocycles. The van der Waals surface area contributed by atoms with E-state index in [9.17, 15) is 4.79 Å². The van der Waals surface area contributed by atoms with Crippen LogP contribution in [0.4, 0.5) is 0 Å². The zero-order valence-electron chi connectivity index (χ0n) is 10.1. The summed E-state index contributed by atoms with van der Waals surface area (Å²) in [5.41, 5.74) is 0.627. The van der Waals surface area contributed by atoms with Crippen molar-refractivity contribution in [1.29, 1.82) is 0 Å². The van der Waals surface area contributed by atoms with E-state index in [0.717, 1.165) is 32.8 Å². The van der Waals surface area contributed by atoms with E-state index in [1.807, 2.05) is 0 Å². The third kappa shape index (κ3) is 3.31. The lowest BCUT2D eigenvalue weighted by molar-refractivity contribution is -0.906. The van der Waals surface area contributed by atoms with Gasteiger partial charge in [0.05, 0.1) is 38.1 Å².